The molecule has 0 aliphatic heterocycles. The molecule has 0 aromatic heterocycles. The van der Waals surface area contributed by atoms with Crippen molar-refractivity contribution in [2.24, 2.45) is 5.73 Å². The summed E-state index contributed by atoms with van der Waals surface area (Å²) in [5, 5.41) is 5.11. The lowest BCUT2D eigenvalue weighted by Crippen LogP contribution is -2.52. The predicted molar refractivity (Wildman–Crippen MR) is 114 cm³/mol. The number of ether oxygens (including phenoxy) is 2. The maximum Gasteiger partial charge on any atom is 0.329 e. The first-order valence-electron chi connectivity index (χ1n) is 10.4. The van der Waals surface area contributed by atoms with Gasteiger partial charge in [0.15, 0.2) is 5.78 Å². The summed E-state index contributed by atoms with van der Waals surface area (Å²) in [6, 6.07) is -2.42. The van der Waals surface area contributed by atoms with Gasteiger partial charge in [-0.1, -0.05) is 0 Å². The first kappa shape index (κ1) is 27.8. The Hall–Kier alpha value is -2.16. The van der Waals surface area contributed by atoms with Crippen molar-refractivity contribution in [3.05, 3.63) is 0 Å². The molecule has 2 amide bonds. The van der Waals surface area contributed by atoms with E-state index in [-0.39, 0.29) is 18.6 Å². The summed E-state index contributed by atoms with van der Waals surface area (Å²) in [5.74, 6) is -1.34. The van der Waals surface area contributed by atoms with E-state index in [1.165, 1.54) is 6.92 Å². The van der Waals surface area contributed by atoms with Gasteiger partial charge in [-0.3, -0.25) is 9.59 Å². The second kappa shape index (κ2) is 12.5. The van der Waals surface area contributed by atoms with Crippen molar-refractivity contribution < 1.29 is 28.7 Å². The van der Waals surface area contributed by atoms with E-state index in [9.17, 15) is 19.2 Å². The predicted octanol–water partition coefficient (Wildman–Crippen LogP) is 2.20. The molecule has 0 rings (SSSR count). The number of nitrogens with two attached hydrogens (primary N) is 1. The van der Waals surface area contributed by atoms with Crippen LogP contribution in [0, 0.1) is 0 Å². The molecule has 0 spiro atoms. The third-order valence-corrected chi connectivity index (χ3v) is 3.80. The number of unbranched alkanes of at least 4 members (excludes halogenated alkanes) is 1. The molecule has 0 heterocycles. The molecular formula is C21H39N3O6. The highest BCUT2D eigenvalue weighted by Gasteiger charge is 2.29. The number of ketones is 1. The molecule has 0 aliphatic rings. The zero-order chi connectivity index (χ0) is 23.5. The summed E-state index contributed by atoms with van der Waals surface area (Å²) >= 11 is 0. The van der Waals surface area contributed by atoms with E-state index >= 15 is 0 Å². The van der Waals surface area contributed by atoms with E-state index in [1.807, 2.05) is 0 Å². The van der Waals surface area contributed by atoms with Crippen LogP contribution >= 0.6 is 0 Å². The second-order valence-electron chi connectivity index (χ2n) is 9.28. The molecule has 174 valence electrons. The fourth-order valence-corrected chi connectivity index (χ4v) is 2.50. The van der Waals surface area contributed by atoms with Crippen LogP contribution < -0.4 is 16.4 Å². The van der Waals surface area contributed by atoms with Crippen molar-refractivity contribution in [3.63, 3.8) is 0 Å². The fraction of sp³-hybridized carbons (Fsp3) is 0.810. The van der Waals surface area contributed by atoms with Crippen molar-refractivity contribution in [2.75, 3.05) is 6.54 Å². The first-order valence-corrected chi connectivity index (χ1v) is 10.4. The van der Waals surface area contributed by atoms with Crippen LogP contribution in [0.15, 0.2) is 0 Å². The van der Waals surface area contributed by atoms with Crippen molar-refractivity contribution in [2.45, 2.75) is 104 Å². The average molecular weight is 430 g/mol. The van der Waals surface area contributed by atoms with E-state index in [0.717, 1.165) is 6.42 Å². The van der Waals surface area contributed by atoms with Gasteiger partial charge in [0.05, 0.1) is 6.04 Å². The fourth-order valence-electron chi connectivity index (χ4n) is 2.50. The van der Waals surface area contributed by atoms with E-state index in [1.54, 1.807) is 41.5 Å². The number of hydrogen-bond donors (Lipinski definition) is 3. The molecular weight excluding hydrogens is 390 g/mol. The SMILES string of the molecule is CC(=O)C(CCCCN)NC(=O)NC(CCC(=O)OC(C)(C)C)C(=O)OC(C)(C)C. The molecule has 2 unspecified atom stereocenters. The number of urea groups is 1. The Morgan fingerprint density at radius 2 is 1.37 bits per heavy atom. The maximum atomic E-state index is 12.5. The number of esters is 2. The largest absolute Gasteiger partial charge is 0.460 e. The number of Topliss-reactive ketones (excluding diaryl/α,β-unsaturated/α-hetero) is 1. The molecule has 0 bridgehead atoms. The molecule has 0 aliphatic carbocycles. The summed E-state index contributed by atoms with van der Waals surface area (Å²) in [6.45, 7) is 12.2. The molecule has 0 saturated heterocycles. The maximum absolute atomic E-state index is 12.5. The summed E-state index contributed by atoms with van der Waals surface area (Å²) in [4.78, 5) is 48.8. The zero-order valence-corrected chi connectivity index (χ0v) is 19.4. The topological polar surface area (TPSA) is 137 Å². The molecule has 2 atom stereocenters. The van der Waals surface area contributed by atoms with E-state index in [2.05, 4.69) is 10.6 Å². The monoisotopic (exact) mass is 429 g/mol. The smallest absolute Gasteiger partial charge is 0.329 e. The van der Waals surface area contributed by atoms with Gasteiger partial charge in [-0.15, -0.1) is 0 Å². The number of rotatable bonds is 11. The van der Waals surface area contributed by atoms with Crippen molar-refractivity contribution >= 4 is 23.8 Å². The third kappa shape index (κ3) is 13.9. The quantitative estimate of drug-likeness (QED) is 0.338. The Morgan fingerprint density at radius 1 is 0.833 bits per heavy atom. The summed E-state index contributed by atoms with van der Waals surface area (Å²) < 4.78 is 10.6. The Bertz CT molecular complexity index is 593. The molecule has 0 radical (unpaired) electrons. The van der Waals surface area contributed by atoms with Gasteiger partial charge in [0.1, 0.15) is 17.2 Å². The minimum atomic E-state index is -1.06. The Balaban J connectivity index is 5.07. The van der Waals surface area contributed by atoms with Gasteiger partial charge in [0.25, 0.3) is 0 Å². The van der Waals surface area contributed by atoms with E-state index < -0.39 is 41.3 Å². The highest BCUT2D eigenvalue weighted by Crippen LogP contribution is 2.13. The first-order chi connectivity index (χ1) is 13.6. The molecule has 0 fully saturated rings. The number of amides is 2. The van der Waals surface area contributed by atoms with Crippen LogP contribution in [0.5, 0.6) is 0 Å². The number of nitrogens with one attached hydrogen (secondary N) is 2. The average Bonchev–Trinajstić information content (AvgIpc) is 2.54. The van der Waals surface area contributed by atoms with Gasteiger partial charge in [-0.25, -0.2) is 9.59 Å². The van der Waals surface area contributed by atoms with Gasteiger partial charge in [-0.2, -0.15) is 0 Å². The summed E-state index contributed by atoms with van der Waals surface area (Å²) in [5.41, 5.74) is 4.05. The van der Waals surface area contributed by atoms with Crippen LogP contribution in [-0.4, -0.2) is 53.6 Å². The molecule has 30 heavy (non-hydrogen) atoms. The van der Waals surface area contributed by atoms with Gasteiger partial charge < -0.3 is 25.8 Å². The number of carbonyl (C=O) groups is 4. The van der Waals surface area contributed by atoms with Gasteiger partial charge in [0.2, 0.25) is 0 Å². The highest BCUT2D eigenvalue weighted by atomic mass is 16.6. The third-order valence-electron chi connectivity index (χ3n) is 3.80. The lowest BCUT2D eigenvalue weighted by atomic mass is 10.1. The molecule has 4 N–H and O–H groups in total. The van der Waals surface area contributed by atoms with Crippen LogP contribution in [0.2, 0.25) is 0 Å². The van der Waals surface area contributed by atoms with Gasteiger partial charge in [0, 0.05) is 6.42 Å². The van der Waals surface area contributed by atoms with Crippen LogP contribution in [0.1, 0.15) is 80.6 Å². The summed E-state index contributed by atoms with van der Waals surface area (Å²) in [6.07, 6.45) is 1.82. The minimum Gasteiger partial charge on any atom is -0.460 e. The lowest BCUT2D eigenvalue weighted by Gasteiger charge is -2.26. The normalized spacial score (nSPS) is 13.7. The summed E-state index contributed by atoms with van der Waals surface area (Å²) in [7, 11) is 0. The van der Waals surface area contributed by atoms with Gasteiger partial charge in [-0.05, 0) is 80.7 Å². The highest BCUT2D eigenvalue weighted by molar-refractivity contribution is 5.89. The van der Waals surface area contributed by atoms with Crippen molar-refractivity contribution in [1.82, 2.24) is 10.6 Å². The van der Waals surface area contributed by atoms with Crippen LogP contribution in [0.4, 0.5) is 4.79 Å². The molecule has 0 aromatic rings. The lowest BCUT2D eigenvalue weighted by molar-refractivity contribution is -0.158. The van der Waals surface area contributed by atoms with Gasteiger partial charge >= 0.3 is 18.0 Å². The standard InChI is InChI=1S/C21H39N3O6/c1-14(25)15(10-8-9-13-22)23-19(28)24-16(18(27)30-21(5,6)7)11-12-17(26)29-20(2,3)4/h15-16H,8-13,22H2,1-7H3,(H2,23,24,28). The van der Waals surface area contributed by atoms with Crippen LogP contribution in [-0.2, 0) is 23.9 Å². The van der Waals surface area contributed by atoms with Crippen LogP contribution in [0.3, 0.4) is 0 Å². The number of hydrogen-bond acceptors (Lipinski definition) is 7. The van der Waals surface area contributed by atoms with Crippen molar-refractivity contribution in [3.8, 4) is 0 Å². The van der Waals surface area contributed by atoms with Crippen molar-refractivity contribution in [1.29, 1.82) is 0 Å². The molecule has 9 nitrogen and oxygen atoms in total. The molecule has 0 aromatic carbocycles. The van der Waals surface area contributed by atoms with E-state index in [0.29, 0.717) is 19.4 Å². The Labute approximate surface area is 179 Å². The molecule has 0 saturated carbocycles. The Kier molecular flexibility index (Phi) is 11.6. The van der Waals surface area contributed by atoms with Crippen LogP contribution in [0.25, 0.3) is 0 Å². The molecule has 9 heteroatoms. The number of carbonyl (C=O) groups excluding carboxylic acids is 4. The zero-order valence-electron chi connectivity index (χ0n) is 19.4. The Morgan fingerprint density at radius 3 is 1.83 bits per heavy atom. The second-order valence-corrected chi connectivity index (χ2v) is 9.28. The van der Waals surface area contributed by atoms with E-state index in [4.69, 9.17) is 15.2 Å². The minimum absolute atomic E-state index is 0.00909.